The van der Waals surface area contributed by atoms with Crippen LogP contribution >= 0.6 is 0 Å². The fourth-order valence-electron chi connectivity index (χ4n) is 2.19. The molecule has 0 radical (unpaired) electrons. The van der Waals surface area contributed by atoms with Gasteiger partial charge in [0.1, 0.15) is 0 Å². The average Bonchev–Trinajstić information content (AvgIpc) is 2.28. The van der Waals surface area contributed by atoms with Crippen molar-refractivity contribution in [1.29, 1.82) is 0 Å². The second-order valence-electron chi connectivity index (χ2n) is 5.49. The lowest BCUT2D eigenvalue weighted by Crippen LogP contribution is -2.36. The van der Waals surface area contributed by atoms with Crippen LogP contribution in [-0.4, -0.2) is 6.04 Å². The number of hydrazine groups is 1. The second kappa shape index (κ2) is 10.1. The van der Waals surface area contributed by atoms with Crippen molar-refractivity contribution in [2.75, 3.05) is 0 Å². The Hall–Kier alpha value is -0.0800. The van der Waals surface area contributed by atoms with Crippen LogP contribution in [0.4, 0.5) is 0 Å². The third-order valence-electron chi connectivity index (χ3n) is 3.49. The van der Waals surface area contributed by atoms with E-state index < -0.39 is 0 Å². The predicted octanol–water partition coefficient (Wildman–Crippen LogP) is 3.86. The van der Waals surface area contributed by atoms with Crippen molar-refractivity contribution < 1.29 is 0 Å². The molecule has 0 aromatic rings. The molecule has 16 heavy (non-hydrogen) atoms. The van der Waals surface area contributed by atoms with E-state index in [1.807, 2.05) is 0 Å². The molecule has 3 N–H and O–H groups in total. The third-order valence-corrected chi connectivity index (χ3v) is 3.49. The van der Waals surface area contributed by atoms with Crippen molar-refractivity contribution in [2.45, 2.75) is 78.7 Å². The van der Waals surface area contributed by atoms with Gasteiger partial charge in [0.05, 0.1) is 0 Å². The van der Waals surface area contributed by atoms with Crippen molar-refractivity contribution >= 4 is 0 Å². The molecular weight excluding hydrogens is 196 g/mol. The normalized spacial score (nSPS) is 15.4. The maximum Gasteiger partial charge on any atom is 0.0213 e. The quantitative estimate of drug-likeness (QED) is 0.440. The van der Waals surface area contributed by atoms with Gasteiger partial charge in [0.2, 0.25) is 0 Å². The molecule has 0 aliphatic carbocycles. The first-order valence-corrected chi connectivity index (χ1v) is 7.10. The molecular formula is C14H32N2. The van der Waals surface area contributed by atoms with Crippen LogP contribution in [0.3, 0.4) is 0 Å². The first kappa shape index (κ1) is 15.9. The maximum absolute atomic E-state index is 5.64. The minimum Gasteiger partial charge on any atom is -0.271 e. The lowest BCUT2D eigenvalue weighted by molar-refractivity contribution is 0.326. The maximum atomic E-state index is 5.64. The van der Waals surface area contributed by atoms with E-state index >= 15 is 0 Å². The molecule has 0 saturated carbocycles. The summed E-state index contributed by atoms with van der Waals surface area (Å²) in [6, 6.07) is 0.518. The number of unbranched alkanes of at least 4 members (excludes halogenated alkanes) is 1. The summed E-state index contributed by atoms with van der Waals surface area (Å²) in [5.41, 5.74) is 3.00. The van der Waals surface area contributed by atoms with Gasteiger partial charge in [0, 0.05) is 6.04 Å². The van der Waals surface area contributed by atoms with E-state index in [2.05, 4.69) is 33.1 Å². The van der Waals surface area contributed by atoms with Crippen LogP contribution in [0.15, 0.2) is 0 Å². The lowest BCUT2D eigenvalue weighted by Gasteiger charge is -2.22. The second-order valence-corrected chi connectivity index (χ2v) is 5.49. The first-order chi connectivity index (χ1) is 7.63. The number of hydrogen-bond acceptors (Lipinski definition) is 2. The fraction of sp³-hybridized carbons (Fsp3) is 1.00. The fourth-order valence-corrected chi connectivity index (χ4v) is 2.19. The average molecular weight is 228 g/mol. The Morgan fingerprint density at radius 1 is 1.06 bits per heavy atom. The van der Waals surface area contributed by atoms with Gasteiger partial charge in [-0.2, -0.15) is 0 Å². The van der Waals surface area contributed by atoms with E-state index in [-0.39, 0.29) is 0 Å². The van der Waals surface area contributed by atoms with Gasteiger partial charge in [-0.05, 0) is 31.1 Å². The minimum absolute atomic E-state index is 0.518. The van der Waals surface area contributed by atoms with Crippen LogP contribution < -0.4 is 11.3 Å². The standard InChI is InChI=1S/C14H32N2/c1-5-7-8-13(6-2)11-14(16-15)10-9-12(3)4/h12-14,16H,5-11,15H2,1-4H3. The van der Waals surface area contributed by atoms with Crippen LogP contribution in [-0.2, 0) is 0 Å². The summed E-state index contributed by atoms with van der Waals surface area (Å²) in [4.78, 5) is 0. The van der Waals surface area contributed by atoms with Gasteiger partial charge in [-0.3, -0.25) is 11.3 Å². The highest BCUT2D eigenvalue weighted by molar-refractivity contribution is 4.70. The Bertz CT molecular complexity index is 146. The Balaban J connectivity index is 3.86. The van der Waals surface area contributed by atoms with Gasteiger partial charge in [-0.15, -0.1) is 0 Å². The van der Waals surface area contributed by atoms with Crippen LogP contribution in [0, 0.1) is 11.8 Å². The summed E-state index contributed by atoms with van der Waals surface area (Å²) < 4.78 is 0. The number of nitrogens with two attached hydrogens (primary N) is 1. The number of hydrogen-bond donors (Lipinski definition) is 2. The molecule has 2 atom stereocenters. The summed E-state index contributed by atoms with van der Waals surface area (Å²) in [5.74, 6) is 7.28. The van der Waals surface area contributed by atoms with E-state index in [1.165, 1.54) is 44.9 Å². The Labute approximate surface area is 102 Å². The third kappa shape index (κ3) is 8.12. The molecule has 0 aromatic carbocycles. The van der Waals surface area contributed by atoms with E-state index in [0.29, 0.717) is 6.04 Å². The van der Waals surface area contributed by atoms with Gasteiger partial charge in [-0.1, -0.05) is 53.4 Å². The van der Waals surface area contributed by atoms with Crippen LogP contribution in [0.5, 0.6) is 0 Å². The zero-order chi connectivity index (χ0) is 12.4. The Morgan fingerprint density at radius 2 is 1.75 bits per heavy atom. The first-order valence-electron chi connectivity index (χ1n) is 7.10. The molecule has 98 valence electrons. The molecule has 2 nitrogen and oxygen atoms in total. The molecule has 0 aliphatic heterocycles. The highest BCUT2D eigenvalue weighted by atomic mass is 15.2. The van der Waals surface area contributed by atoms with Crippen molar-refractivity contribution in [3.63, 3.8) is 0 Å². The zero-order valence-corrected chi connectivity index (χ0v) is 11.8. The summed E-state index contributed by atoms with van der Waals surface area (Å²) >= 11 is 0. The SMILES string of the molecule is CCCCC(CC)CC(CCC(C)C)NN. The molecule has 0 spiro atoms. The lowest BCUT2D eigenvalue weighted by atomic mass is 9.89. The molecule has 0 aliphatic rings. The summed E-state index contributed by atoms with van der Waals surface area (Å²) in [6.07, 6.45) is 9.07. The summed E-state index contributed by atoms with van der Waals surface area (Å²) in [7, 11) is 0. The van der Waals surface area contributed by atoms with Gasteiger partial charge in [-0.25, -0.2) is 0 Å². The molecule has 0 aromatic heterocycles. The molecule has 0 fully saturated rings. The number of rotatable bonds is 10. The topological polar surface area (TPSA) is 38.0 Å². The van der Waals surface area contributed by atoms with Gasteiger partial charge < -0.3 is 0 Å². The molecule has 2 heteroatoms. The monoisotopic (exact) mass is 228 g/mol. The van der Waals surface area contributed by atoms with Crippen molar-refractivity contribution in [1.82, 2.24) is 5.43 Å². The summed E-state index contributed by atoms with van der Waals surface area (Å²) in [6.45, 7) is 9.13. The molecule has 0 bridgehead atoms. The van der Waals surface area contributed by atoms with Crippen molar-refractivity contribution in [2.24, 2.45) is 17.7 Å². The Morgan fingerprint density at radius 3 is 2.19 bits per heavy atom. The minimum atomic E-state index is 0.518. The largest absolute Gasteiger partial charge is 0.271 e. The van der Waals surface area contributed by atoms with E-state index in [4.69, 9.17) is 5.84 Å². The number of nitrogens with one attached hydrogen (secondary N) is 1. The van der Waals surface area contributed by atoms with Crippen LogP contribution in [0.2, 0.25) is 0 Å². The Kier molecular flexibility index (Phi) is 10.0. The highest BCUT2D eigenvalue weighted by Crippen LogP contribution is 2.21. The van der Waals surface area contributed by atoms with Gasteiger partial charge in [0.15, 0.2) is 0 Å². The van der Waals surface area contributed by atoms with Gasteiger partial charge >= 0.3 is 0 Å². The van der Waals surface area contributed by atoms with E-state index in [1.54, 1.807) is 0 Å². The van der Waals surface area contributed by atoms with E-state index in [9.17, 15) is 0 Å². The van der Waals surface area contributed by atoms with Gasteiger partial charge in [0.25, 0.3) is 0 Å². The van der Waals surface area contributed by atoms with Crippen LogP contribution in [0.25, 0.3) is 0 Å². The zero-order valence-electron chi connectivity index (χ0n) is 11.8. The molecule has 0 rings (SSSR count). The van der Waals surface area contributed by atoms with E-state index in [0.717, 1.165) is 11.8 Å². The van der Waals surface area contributed by atoms with Crippen molar-refractivity contribution in [3.05, 3.63) is 0 Å². The van der Waals surface area contributed by atoms with Crippen LogP contribution in [0.1, 0.15) is 72.6 Å². The van der Waals surface area contributed by atoms with Crippen molar-refractivity contribution in [3.8, 4) is 0 Å². The highest BCUT2D eigenvalue weighted by Gasteiger charge is 2.14. The molecule has 0 heterocycles. The molecule has 0 amide bonds. The molecule has 0 saturated heterocycles. The summed E-state index contributed by atoms with van der Waals surface area (Å²) in [5, 5.41) is 0. The predicted molar refractivity (Wildman–Crippen MR) is 73.1 cm³/mol. The smallest absolute Gasteiger partial charge is 0.0213 e. The molecule has 2 unspecified atom stereocenters.